The minimum Gasteiger partial charge on any atom is -0.373 e. The molecule has 0 saturated carbocycles. The van der Waals surface area contributed by atoms with Crippen molar-refractivity contribution in [1.82, 2.24) is 9.97 Å². The monoisotopic (exact) mass is 296 g/mol. The van der Waals surface area contributed by atoms with Gasteiger partial charge >= 0.3 is 6.18 Å². The van der Waals surface area contributed by atoms with Crippen molar-refractivity contribution in [2.24, 2.45) is 0 Å². The lowest BCUT2D eigenvalue weighted by Gasteiger charge is -2.13. The van der Waals surface area contributed by atoms with Gasteiger partial charge in [0.25, 0.3) is 0 Å². The minimum atomic E-state index is -4.61. The third-order valence-electron chi connectivity index (χ3n) is 2.37. The second-order valence-corrected chi connectivity index (χ2v) is 5.70. The predicted octanol–water partition coefficient (Wildman–Crippen LogP) is 1.72. The van der Waals surface area contributed by atoms with Crippen LogP contribution in [0.25, 0.3) is 0 Å². The zero-order chi connectivity index (χ0) is 14.6. The maximum Gasteiger partial charge on any atom is 0.451 e. The number of aromatic nitrogens is 2. The van der Waals surface area contributed by atoms with Gasteiger partial charge in [0.2, 0.25) is 5.82 Å². The molecule has 9 heteroatoms. The Morgan fingerprint density at radius 2 is 1.95 bits per heavy atom. The summed E-state index contributed by atoms with van der Waals surface area (Å²) in [5.74, 6) is -1.11. The van der Waals surface area contributed by atoms with Gasteiger partial charge in [-0.15, -0.1) is 0 Å². The van der Waals surface area contributed by atoms with Gasteiger partial charge in [-0.3, -0.25) is 4.21 Å². The van der Waals surface area contributed by atoms with Crippen LogP contribution < -0.4 is 10.6 Å². The molecule has 5 nitrogen and oxygen atoms in total. The first-order valence-corrected chi connectivity index (χ1v) is 7.06. The van der Waals surface area contributed by atoms with Crippen LogP contribution in [0, 0.1) is 0 Å². The number of anilines is 2. The number of halogens is 3. The van der Waals surface area contributed by atoms with Gasteiger partial charge in [-0.05, 0) is 6.92 Å². The fourth-order valence-corrected chi connectivity index (χ4v) is 1.48. The van der Waals surface area contributed by atoms with E-state index in [-0.39, 0.29) is 23.4 Å². The first kappa shape index (κ1) is 15.7. The summed E-state index contributed by atoms with van der Waals surface area (Å²) in [6.45, 7) is 1.99. The number of rotatable bonds is 5. The van der Waals surface area contributed by atoms with E-state index in [0.717, 1.165) is 0 Å². The third-order valence-corrected chi connectivity index (χ3v) is 3.67. The van der Waals surface area contributed by atoms with Gasteiger partial charge in [-0.2, -0.15) is 13.2 Å². The fourth-order valence-electron chi connectivity index (χ4n) is 1.16. The van der Waals surface area contributed by atoms with Gasteiger partial charge in [0, 0.05) is 42.0 Å². The van der Waals surface area contributed by atoms with Crippen LogP contribution in [0.2, 0.25) is 0 Å². The van der Waals surface area contributed by atoms with E-state index in [0.29, 0.717) is 0 Å². The normalized spacial score (nSPS) is 14.8. The number of alkyl halides is 3. The minimum absolute atomic E-state index is 0.0453. The van der Waals surface area contributed by atoms with Crippen LogP contribution in [-0.4, -0.2) is 39.3 Å². The third kappa shape index (κ3) is 4.66. The quantitative estimate of drug-likeness (QED) is 0.866. The largest absolute Gasteiger partial charge is 0.451 e. The van der Waals surface area contributed by atoms with Crippen LogP contribution in [0.5, 0.6) is 0 Å². The Bertz CT molecular complexity index is 467. The first-order chi connectivity index (χ1) is 8.74. The van der Waals surface area contributed by atoms with Crippen molar-refractivity contribution in [1.29, 1.82) is 0 Å². The summed E-state index contributed by atoms with van der Waals surface area (Å²) in [7, 11) is 0.411. The highest BCUT2D eigenvalue weighted by Crippen LogP contribution is 2.28. The van der Waals surface area contributed by atoms with Crippen molar-refractivity contribution < 1.29 is 17.4 Å². The molecule has 0 radical (unpaired) electrons. The molecule has 2 atom stereocenters. The van der Waals surface area contributed by atoms with Crippen molar-refractivity contribution in [2.45, 2.75) is 18.3 Å². The van der Waals surface area contributed by atoms with Crippen molar-refractivity contribution in [3.05, 3.63) is 11.9 Å². The smallest absolute Gasteiger partial charge is 0.373 e. The zero-order valence-corrected chi connectivity index (χ0v) is 11.5. The SMILES string of the molecule is CNc1cc(NCC(C)S(C)=O)nc(C(F)(F)F)n1. The molecule has 1 aromatic rings. The molecule has 1 rings (SSSR count). The standard InChI is InChI=1S/C10H15F3N4OS/c1-6(19(3)18)5-15-8-4-7(14-2)16-9(17-8)10(11,12)13/h4,6H,5H2,1-3H3,(H2,14,15,16,17). The van der Waals surface area contributed by atoms with E-state index >= 15 is 0 Å². The lowest BCUT2D eigenvalue weighted by atomic mass is 10.4. The molecule has 0 aliphatic heterocycles. The number of hydrogen-bond acceptors (Lipinski definition) is 5. The summed E-state index contributed by atoms with van der Waals surface area (Å²) in [6.07, 6.45) is -3.07. The van der Waals surface area contributed by atoms with Crippen molar-refractivity contribution >= 4 is 22.4 Å². The topological polar surface area (TPSA) is 66.9 Å². The summed E-state index contributed by atoms with van der Waals surface area (Å²) in [5.41, 5.74) is 0. The molecule has 0 fully saturated rings. The number of hydrogen-bond donors (Lipinski definition) is 2. The van der Waals surface area contributed by atoms with E-state index in [4.69, 9.17) is 0 Å². The fraction of sp³-hybridized carbons (Fsp3) is 0.600. The molecule has 108 valence electrons. The van der Waals surface area contributed by atoms with E-state index in [1.54, 1.807) is 6.92 Å². The summed E-state index contributed by atoms with van der Waals surface area (Å²) >= 11 is 0. The lowest BCUT2D eigenvalue weighted by molar-refractivity contribution is -0.144. The molecule has 0 saturated heterocycles. The Kier molecular flexibility index (Phi) is 5.10. The van der Waals surface area contributed by atoms with E-state index in [1.165, 1.54) is 19.4 Å². The summed E-state index contributed by atoms with van der Waals surface area (Å²) in [4.78, 5) is 6.74. The van der Waals surface area contributed by atoms with Gasteiger partial charge in [-0.25, -0.2) is 9.97 Å². The Morgan fingerprint density at radius 1 is 1.37 bits per heavy atom. The predicted molar refractivity (Wildman–Crippen MR) is 68.6 cm³/mol. The van der Waals surface area contributed by atoms with E-state index in [1.807, 2.05) is 0 Å². The second-order valence-electron chi connectivity index (χ2n) is 3.90. The van der Waals surface area contributed by atoms with Gasteiger partial charge in [0.05, 0.1) is 0 Å². The molecule has 0 spiro atoms. The van der Waals surface area contributed by atoms with Gasteiger partial charge in [0.1, 0.15) is 11.6 Å². The average Bonchev–Trinajstić information content (AvgIpc) is 2.34. The number of nitrogens with one attached hydrogen (secondary N) is 2. The van der Waals surface area contributed by atoms with Crippen molar-refractivity contribution in [3.8, 4) is 0 Å². The Morgan fingerprint density at radius 3 is 2.42 bits per heavy atom. The van der Waals surface area contributed by atoms with Crippen molar-refractivity contribution in [3.63, 3.8) is 0 Å². The van der Waals surface area contributed by atoms with E-state index in [9.17, 15) is 17.4 Å². The molecule has 0 bridgehead atoms. The van der Waals surface area contributed by atoms with Crippen LogP contribution in [0.3, 0.4) is 0 Å². The second kappa shape index (κ2) is 6.18. The van der Waals surface area contributed by atoms with E-state index in [2.05, 4.69) is 20.6 Å². The van der Waals surface area contributed by atoms with Gasteiger partial charge in [0.15, 0.2) is 0 Å². The average molecular weight is 296 g/mol. The molecule has 0 aliphatic carbocycles. The molecule has 2 unspecified atom stereocenters. The summed E-state index contributed by atoms with van der Waals surface area (Å²) in [6, 6.07) is 1.36. The number of nitrogens with zero attached hydrogens (tertiary/aromatic N) is 2. The Hall–Kier alpha value is -1.38. The first-order valence-electron chi connectivity index (χ1n) is 5.44. The highest BCUT2D eigenvalue weighted by molar-refractivity contribution is 7.84. The van der Waals surface area contributed by atoms with Gasteiger partial charge in [-0.1, -0.05) is 0 Å². The van der Waals surface area contributed by atoms with Crippen LogP contribution >= 0.6 is 0 Å². The Balaban J connectivity index is 2.92. The molecule has 1 heterocycles. The van der Waals surface area contributed by atoms with Crippen LogP contribution in [0.4, 0.5) is 24.8 Å². The molecule has 0 aromatic carbocycles. The maximum atomic E-state index is 12.6. The summed E-state index contributed by atoms with van der Waals surface area (Å²) in [5, 5.41) is 5.08. The highest BCUT2D eigenvalue weighted by Gasteiger charge is 2.35. The van der Waals surface area contributed by atoms with Crippen LogP contribution in [-0.2, 0) is 17.0 Å². The molecule has 19 heavy (non-hydrogen) atoms. The zero-order valence-electron chi connectivity index (χ0n) is 10.7. The highest BCUT2D eigenvalue weighted by atomic mass is 32.2. The Labute approximate surface area is 111 Å². The molecule has 0 amide bonds. The molecular formula is C10H15F3N4OS. The van der Waals surface area contributed by atoms with Gasteiger partial charge < -0.3 is 10.6 Å². The van der Waals surface area contributed by atoms with Crippen LogP contribution in [0.1, 0.15) is 12.7 Å². The molecule has 0 aliphatic rings. The molecule has 2 N–H and O–H groups in total. The van der Waals surface area contributed by atoms with E-state index < -0.39 is 22.8 Å². The lowest BCUT2D eigenvalue weighted by Crippen LogP contribution is -2.22. The van der Waals surface area contributed by atoms with Crippen LogP contribution in [0.15, 0.2) is 6.07 Å². The maximum absolute atomic E-state index is 12.6. The molecule has 1 aromatic heterocycles. The summed E-state index contributed by atoms with van der Waals surface area (Å²) < 4.78 is 48.9. The molecular weight excluding hydrogens is 281 g/mol. The van der Waals surface area contributed by atoms with Crippen molar-refractivity contribution in [2.75, 3.05) is 30.5 Å².